The quantitative estimate of drug-likeness (QED) is 0.460. The summed E-state index contributed by atoms with van der Waals surface area (Å²) in [6, 6.07) is 6.31. The van der Waals surface area contributed by atoms with Crippen LogP contribution < -0.4 is 5.32 Å². The summed E-state index contributed by atoms with van der Waals surface area (Å²) >= 11 is 0. The third kappa shape index (κ3) is 3.85. The molecule has 1 saturated carbocycles. The van der Waals surface area contributed by atoms with Gasteiger partial charge in [0.15, 0.2) is 0 Å². The number of aryl methyl sites for hydroxylation is 1. The summed E-state index contributed by atoms with van der Waals surface area (Å²) < 4.78 is 0. The minimum atomic E-state index is -0.975. The van der Waals surface area contributed by atoms with Crippen LogP contribution in [0.4, 0.5) is 0 Å². The summed E-state index contributed by atoms with van der Waals surface area (Å²) in [5, 5.41) is 12.5. The lowest BCUT2D eigenvalue weighted by atomic mass is 9.97. The Bertz CT molecular complexity index is 640. The molecule has 0 radical (unpaired) electrons. The van der Waals surface area contributed by atoms with Crippen molar-refractivity contribution in [3.05, 3.63) is 58.4 Å². The minimum Gasteiger partial charge on any atom is -0.478 e. The van der Waals surface area contributed by atoms with Gasteiger partial charge in [-0.3, -0.25) is 4.99 Å². The third-order valence-corrected chi connectivity index (χ3v) is 3.93. The first-order valence-electron chi connectivity index (χ1n) is 7.43. The van der Waals surface area contributed by atoms with Crippen LogP contribution in [0, 0.1) is 6.92 Å². The van der Waals surface area contributed by atoms with E-state index in [0.717, 1.165) is 0 Å². The van der Waals surface area contributed by atoms with Crippen LogP contribution in [0.1, 0.15) is 42.4 Å². The highest BCUT2D eigenvalue weighted by molar-refractivity contribution is 5.90. The van der Waals surface area contributed by atoms with Gasteiger partial charge in [-0.2, -0.15) is 0 Å². The molecule has 0 spiro atoms. The van der Waals surface area contributed by atoms with Gasteiger partial charge in [0.25, 0.3) is 0 Å². The number of rotatable bonds is 7. The van der Waals surface area contributed by atoms with Crippen LogP contribution in [0.3, 0.4) is 0 Å². The van der Waals surface area contributed by atoms with Gasteiger partial charge in [0.2, 0.25) is 0 Å². The van der Waals surface area contributed by atoms with E-state index >= 15 is 0 Å². The van der Waals surface area contributed by atoms with E-state index in [9.17, 15) is 9.90 Å². The van der Waals surface area contributed by atoms with Crippen molar-refractivity contribution in [2.24, 2.45) is 4.99 Å². The molecule has 0 heterocycles. The van der Waals surface area contributed by atoms with E-state index < -0.39 is 5.97 Å². The van der Waals surface area contributed by atoms with Crippen molar-refractivity contribution >= 4 is 12.7 Å². The lowest BCUT2D eigenvalue weighted by molar-refractivity contribution is -0.132. The van der Waals surface area contributed by atoms with Crippen LogP contribution in [0.25, 0.3) is 0 Å². The van der Waals surface area contributed by atoms with Crippen molar-refractivity contribution in [1.82, 2.24) is 5.32 Å². The molecule has 4 heteroatoms. The number of allylic oxidation sites excluding steroid dienone is 1. The molecule has 2 rings (SSSR count). The van der Waals surface area contributed by atoms with Crippen LogP contribution in [-0.4, -0.2) is 17.8 Å². The molecule has 1 aliphatic carbocycles. The number of nitrogens with one attached hydrogen (secondary N) is 1. The first-order chi connectivity index (χ1) is 10.5. The first-order valence-corrected chi connectivity index (χ1v) is 7.43. The molecule has 4 nitrogen and oxygen atoms in total. The standard InChI is InChI=1S/C18H22N2O2/c1-12-5-4-6-15(17(12)14-7-8-14)11-20-13(2)16(18(21)22)9-10-19-3/h4-6,9-10,14,20H,3,7-8,11H2,1-2H3,(H,21,22)/b10-9-,16-13-. The lowest BCUT2D eigenvalue weighted by Crippen LogP contribution is -2.16. The normalized spacial score (nSPS) is 15.5. The highest BCUT2D eigenvalue weighted by Crippen LogP contribution is 2.43. The SMILES string of the molecule is C=N/C=C\C(C(=O)O)=C(/C)NCc1cccc(C)c1C1CC1. The molecule has 116 valence electrons. The van der Waals surface area contributed by atoms with E-state index in [-0.39, 0.29) is 5.57 Å². The second-order valence-corrected chi connectivity index (χ2v) is 5.62. The van der Waals surface area contributed by atoms with E-state index in [1.54, 1.807) is 6.92 Å². The van der Waals surface area contributed by atoms with E-state index in [1.165, 1.54) is 41.8 Å². The molecule has 0 bridgehead atoms. The summed E-state index contributed by atoms with van der Waals surface area (Å²) in [5.74, 6) is -0.303. The summed E-state index contributed by atoms with van der Waals surface area (Å²) in [6.07, 6.45) is 5.34. The van der Waals surface area contributed by atoms with Gasteiger partial charge >= 0.3 is 5.97 Å². The largest absolute Gasteiger partial charge is 0.478 e. The van der Waals surface area contributed by atoms with Crippen molar-refractivity contribution in [3.63, 3.8) is 0 Å². The van der Waals surface area contributed by atoms with Crippen molar-refractivity contribution < 1.29 is 9.90 Å². The van der Waals surface area contributed by atoms with Crippen molar-refractivity contribution in [1.29, 1.82) is 0 Å². The average Bonchev–Trinajstić information content (AvgIpc) is 3.29. The fourth-order valence-electron chi connectivity index (χ4n) is 2.66. The molecule has 0 saturated heterocycles. The Morgan fingerprint density at radius 1 is 1.50 bits per heavy atom. The molecule has 0 amide bonds. The molecule has 1 aromatic carbocycles. The lowest BCUT2D eigenvalue weighted by Gasteiger charge is -2.14. The number of hydrogen-bond donors (Lipinski definition) is 2. The van der Waals surface area contributed by atoms with Gasteiger partial charge in [0, 0.05) is 18.4 Å². The van der Waals surface area contributed by atoms with Gasteiger partial charge < -0.3 is 10.4 Å². The Labute approximate surface area is 131 Å². The molecule has 0 aromatic heterocycles. The zero-order chi connectivity index (χ0) is 16.1. The minimum absolute atomic E-state index is 0.202. The number of benzene rings is 1. The topological polar surface area (TPSA) is 61.7 Å². The third-order valence-electron chi connectivity index (χ3n) is 3.93. The van der Waals surface area contributed by atoms with Gasteiger partial charge in [-0.15, -0.1) is 0 Å². The predicted molar refractivity (Wildman–Crippen MR) is 89.0 cm³/mol. The fourth-order valence-corrected chi connectivity index (χ4v) is 2.66. The maximum atomic E-state index is 11.3. The Kier molecular flexibility index (Phi) is 5.15. The van der Waals surface area contributed by atoms with Crippen molar-refractivity contribution in [3.8, 4) is 0 Å². The number of nitrogens with zero attached hydrogens (tertiary/aromatic N) is 1. The number of aliphatic carboxylic acids is 1. The summed E-state index contributed by atoms with van der Waals surface area (Å²) in [6.45, 7) is 7.86. The second kappa shape index (κ2) is 7.07. The number of aliphatic imine (C=N–C) groups is 1. The van der Waals surface area contributed by atoms with Gasteiger partial charge in [0.1, 0.15) is 0 Å². The molecule has 22 heavy (non-hydrogen) atoms. The smallest absolute Gasteiger partial charge is 0.337 e. The van der Waals surface area contributed by atoms with E-state index in [2.05, 4.69) is 42.1 Å². The monoisotopic (exact) mass is 298 g/mol. The number of carboxylic acids is 1. The first kappa shape index (κ1) is 16.0. The molecule has 0 aliphatic heterocycles. The van der Waals surface area contributed by atoms with Crippen LogP contribution >= 0.6 is 0 Å². The van der Waals surface area contributed by atoms with Crippen LogP contribution in [0.2, 0.25) is 0 Å². The number of hydrogen-bond acceptors (Lipinski definition) is 3. The van der Waals surface area contributed by atoms with Crippen LogP contribution in [-0.2, 0) is 11.3 Å². The number of carboxylic acid groups (broad SMARTS) is 1. The van der Waals surface area contributed by atoms with Crippen molar-refractivity contribution in [2.75, 3.05) is 0 Å². The van der Waals surface area contributed by atoms with Gasteiger partial charge in [-0.1, -0.05) is 18.2 Å². The summed E-state index contributed by atoms with van der Waals surface area (Å²) in [5.41, 5.74) is 4.81. The highest BCUT2D eigenvalue weighted by atomic mass is 16.4. The second-order valence-electron chi connectivity index (χ2n) is 5.62. The van der Waals surface area contributed by atoms with Gasteiger partial charge in [-0.05, 0) is 62.1 Å². The van der Waals surface area contributed by atoms with Gasteiger partial charge in [0.05, 0.1) is 5.57 Å². The maximum Gasteiger partial charge on any atom is 0.337 e. The Morgan fingerprint density at radius 3 is 2.82 bits per heavy atom. The molecule has 1 fully saturated rings. The van der Waals surface area contributed by atoms with Crippen LogP contribution in [0.5, 0.6) is 0 Å². The fraction of sp³-hybridized carbons (Fsp3) is 0.333. The molecule has 0 unspecified atom stereocenters. The Hall–Kier alpha value is -2.36. The summed E-state index contributed by atoms with van der Waals surface area (Å²) in [7, 11) is 0. The zero-order valence-corrected chi connectivity index (χ0v) is 13.1. The molecule has 2 N–H and O–H groups in total. The Balaban J connectivity index is 2.18. The zero-order valence-electron chi connectivity index (χ0n) is 13.1. The van der Waals surface area contributed by atoms with E-state index in [1.807, 2.05) is 0 Å². The highest BCUT2D eigenvalue weighted by Gasteiger charge is 2.27. The molecule has 1 aliphatic rings. The predicted octanol–water partition coefficient (Wildman–Crippen LogP) is 3.53. The molecule has 1 aromatic rings. The average molecular weight is 298 g/mol. The number of carbonyl (C=O) groups is 1. The molecular weight excluding hydrogens is 276 g/mol. The molecule has 0 atom stereocenters. The van der Waals surface area contributed by atoms with E-state index in [0.29, 0.717) is 18.2 Å². The van der Waals surface area contributed by atoms with E-state index in [4.69, 9.17) is 0 Å². The van der Waals surface area contributed by atoms with Crippen molar-refractivity contribution in [2.45, 2.75) is 39.2 Å². The van der Waals surface area contributed by atoms with Crippen LogP contribution in [0.15, 0.2) is 46.7 Å². The summed E-state index contributed by atoms with van der Waals surface area (Å²) in [4.78, 5) is 14.8. The Morgan fingerprint density at radius 2 is 2.23 bits per heavy atom. The molecular formula is C18H22N2O2. The van der Waals surface area contributed by atoms with Gasteiger partial charge in [-0.25, -0.2) is 4.79 Å². The maximum absolute atomic E-state index is 11.3.